The molecule has 0 amide bonds. The molecule has 0 fully saturated rings. The zero-order chi connectivity index (χ0) is 13.7. The van der Waals surface area contributed by atoms with E-state index in [4.69, 9.17) is 10.5 Å². The molecular formula is C11H13N3O3S2. The fraction of sp³-hybridized carbons (Fsp3) is 0.182. The lowest BCUT2D eigenvalue weighted by Gasteiger charge is -2.08. The van der Waals surface area contributed by atoms with Gasteiger partial charge in [-0.25, -0.2) is 13.4 Å². The van der Waals surface area contributed by atoms with Gasteiger partial charge in [0.05, 0.1) is 0 Å². The van der Waals surface area contributed by atoms with Gasteiger partial charge in [-0.1, -0.05) is 6.07 Å². The van der Waals surface area contributed by atoms with Crippen molar-refractivity contribution in [3.8, 4) is 5.75 Å². The summed E-state index contributed by atoms with van der Waals surface area (Å²) < 4.78 is 31.1. The third-order valence-electron chi connectivity index (χ3n) is 2.15. The van der Waals surface area contributed by atoms with Gasteiger partial charge < -0.3 is 10.5 Å². The van der Waals surface area contributed by atoms with Crippen molar-refractivity contribution in [3.05, 3.63) is 35.8 Å². The maximum absolute atomic E-state index is 11.7. The molecule has 6 nitrogen and oxygen atoms in total. The van der Waals surface area contributed by atoms with Crippen molar-refractivity contribution in [2.75, 3.05) is 22.8 Å². The van der Waals surface area contributed by atoms with Crippen LogP contribution in [0.15, 0.2) is 35.8 Å². The van der Waals surface area contributed by atoms with Crippen LogP contribution in [0.4, 0.5) is 10.8 Å². The Hall–Kier alpha value is -1.80. The molecule has 1 heterocycles. The van der Waals surface area contributed by atoms with Crippen LogP contribution >= 0.6 is 11.3 Å². The minimum atomic E-state index is -3.44. The van der Waals surface area contributed by atoms with Crippen LogP contribution in [-0.2, 0) is 10.0 Å². The highest BCUT2D eigenvalue weighted by Crippen LogP contribution is 2.15. The van der Waals surface area contributed by atoms with Crippen LogP contribution in [0.2, 0.25) is 0 Å². The summed E-state index contributed by atoms with van der Waals surface area (Å²) in [5, 5.41) is 2.05. The SMILES string of the molecule is Nc1cccc(OCCS(=O)(=O)Nc2nccs2)c1. The zero-order valence-corrected chi connectivity index (χ0v) is 11.6. The van der Waals surface area contributed by atoms with E-state index in [-0.39, 0.29) is 12.4 Å². The number of aromatic nitrogens is 1. The standard InChI is InChI=1S/C11H13N3O3S2/c12-9-2-1-3-10(8-9)17-5-7-19(15,16)14-11-13-4-6-18-11/h1-4,6,8H,5,7,12H2,(H,13,14). The summed E-state index contributed by atoms with van der Waals surface area (Å²) in [5.74, 6) is 0.394. The molecule has 0 saturated heterocycles. The molecule has 1 aromatic heterocycles. The molecule has 0 bridgehead atoms. The number of anilines is 2. The molecule has 0 saturated carbocycles. The van der Waals surface area contributed by atoms with E-state index >= 15 is 0 Å². The predicted octanol–water partition coefficient (Wildman–Crippen LogP) is 1.55. The summed E-state index contributed by atoms with van der Waals surface area (Å²) in [7, 11) is -3.44. The summed E-state index contributed by atoms with van der Waals surface area (Å²) >= 11 is 1.22. The predicted molar refractivity (Wildman–Crippen MR) is 75.9 cm³/mol. The first kappa shape index (κ1) is 13.6. The van der Waals surface area contributed by atoms with Crippen molar-refractivity contribution in [1.82, 2.24) is 4.98 Å². The minimum Gasteiger partial charge on any atom is -0.492 e. The Morgan fingerprint density at radius 1 is 1.42 bits per heavy atom. The van der Waals surface area contributed by atoms with E-state index in [0.29, 0.717) is 16.6 Å². The Morgan fingerprint density at radius 3 is 2.95 bits per heavy atom. The Morgan fingerprint density at radius 2 is 2.26 bits per heavy atom. The third-order valence-corrected chi connectivity index (χ3v) is 4.18. The highest BCUT2D eigenvalue weighted by atomic mass is 32.2. The van der Waals surface area contributed by atoms with Gasteiger partial charge in [0, 0.05) is 23.3 Å². The molecule has 0 radical (unpaired) electrons. The van der Waals surface area contributed by atoms with E-state index in [1.165, 1.54) is 17.5 Å². The molecule has 102 valence electrons. The largest absolute Gasteiger partial charge is 0.492 e. The first-order valence-electron chi connectivity index (χ1n) is 5.43. The highest BCUT2D eigenvalue weighted by molar-refractivity contribution is 7.92. The molecule has 0 aliphatic rings. The molecule has 0 aliphatic heterocycles. The molecule has 2 aromatic rings. The second kappa shape index (κ2) is 5.89. The quantitative estimate of drug-likeness (QED) is 0.789. The summed E-state index contributed by atoms with van der Waals surface area (Å²) in [5.41, 5.74) is 6.16. The van der Waals surface area contributed by atoms with Crippen LogP contribution in [0.3, 0.4) is 0 Å². The highest BCUT2D eigenvalue weighted by Gasteiger charge is 2.12. The van der Waals surface area contributed by atoms with Crippen molar-refractivity contribution >= 4 is 32.2 Å². The van der Waals surface area contributed by atoms with Crippen LogP contribution < -0.4 is 15.2 Å². The monoisotopic (exact) mass is 299 g/mol. The van der Waals surface area contributed by atoms with Crippen molar-refractivity contribution in [1.29, 1.82) is 0 Å². The second-order valence-corrected chi connectivity index (χ2v) is 6.42. The molecule has 1 aromatic carbocycles. The number of sulfonamides is 1. The number of ether oxygens (including phenoxy) is 1. The molecular weight excluding hydrogens is 286 g/mol. The van der Waals surface area contributed by atoms with Gasteiger partial charge in [0.25, 0.3) is 0 Å². The van der Waals surface area contributed by atoms with Gasteiger partial charge in [-0.2, -0.15) is 0 Å². The van der Waals surface area contributed by atoms with Gasteiger partial charge >= 0.3 is 0 Å². The first-order chi connectivity index (χ1) is 9.05. The zero-order valence-electron chi connectivity index (χ0n) is 9.94. The fourth-order valence-electron chi connectivity index (χ4n) is 1.33. The molecule has 0 spiro atoms. The number of nitrogens with zero attached hydrogens (tertiary/aromatic N) is 1. The lowest BCUT2D eigenvalue weighted by molar-refractivity contribution is 0.341. The summed E-state index contributed by atoms with van der Waals surface area (Å²) in [6, 6.07) is 6.83. The summed E-state index contributed by atoms with van der Waals surface area (Å²) in [6.45, 7) is 0.0458. The van der Waals surface area contributed by atoms with E-state index in [1.807, 2.05) is 0 Å². The molecule has 3 N–H and O–H groups in total. The van der Waals surface area contributed by atoms with E-state index in [9.17, 15) is 8.42 Å². The lowest BCUT2D eigenvalue weighted by atomic mass is 10.3. The summed E-state index contributed by atoms with van der Waals surface area (Å²) in [6.07, 6.45) is 1.53. The number of nitrogens with two attached hydrogens (primary N) is 1. The van der Waals surface area contributed by atoms with E-state index < -0.39 is 10.0 Å². The third kappa shape index (κ3) is 4.42. The molecule has 8 heteroatoms. The van der Waals surface area contributed by atoms with Gasteiger partial charge in [-0.05, 0) is 12.1 Å². The van der Waals surface area contributed by atoms with E-state index in [2.05, 4.69) is 9.71 Å². The average Bonchev–Trinajstić information content (AvgIpc) is 2.80. The molecule has 0 atom stereocenters. The second-order valence-electron chi connectivity index (χ2n) is 3.68. The van der Waals surface area contributed by atoms with Gasteiger partial charge in [0.1, 0.15) is 18.1 Å². The van der Waals surface area contributed by atoms with Crippen LogP contribution in [-0.4, -0.2) is 25.8 Å². The minimum absolute atomic E-state index is 0.0458. The van der Waals surface area contributed by atoms with Crippen molar-refractivity contribution in [2.45, 2.75) is 0 Å². The van der Waals surface area contributed by atoms with Crippen LogP contribution in [0, 0.1) is 0 Å². The Bertz CT molecular complexity index is 626. The van der Waals surface area contributed by atoms with E-state index in [1.54, 1.807) is 29.6 Å². The maximum atomic E-state index is 11.7. The Kier molecular flexibility index (Phi) is 4.23. The molecule has 0 aliphatic carbocycles. The van der Waals surface area contributed by atoms with E-state index in [0.717, 1.165) is 0 Å². The van der Waals surface area contributed by atoms with Crippen molar-refractivity contribution in [2.24, 2.45) is 0 Å². The van der Waals surface area contributed by atoms with Crippen LogP contribution in [0.25, 0.3) is 0 Å². The number of nitrogens with one attached hydrogen (secondary N) is 1. The maximum Gasteiger partial charge on any atom is 0.237 e. The summed E-state index contributed by atoms with van der Waals surface area (Å²) in [4.78, 5) is 3.85. The van der Waals surface area contributed by atoms with Crippen molar-refractivity contribution < 1.29 is 13.2 Å². The Balaban J connectivity index is 1.85. The number of thiazole rings is 1. The topological polar surface area (TPSA) is 94.3 Å². The number of hydrogen-bond acceptors (Lipinski definition) is 6. The fourth-order valence-corrected chi connectivity index (χ4v) is 3.00. The number of hydrogen-bond donors (Lipinski definition) is 2. The lowest BCUT2D eigenvalue weighted by Crippen LogP contribution is -2.21. The van der Waals surface area contributed by atoms with Crippen molar-refractivity contribution in [3.63, 3.8) is 0 Å². The van der Waals surface area contributed by atoms with Gasteiger partial charge in [0.2, 0.25) is 10.0 Å². The smallest absolute Gasteiger partial charge is 0.237 e. The Labute approximate surface area is 115 Å². The van der Waals surface area contributed by atoms with Crippen LogP contribution in [0.1, 0.15) is 0 Å². The number of rotatable bonds is 6. The molecule has 19 heavy (non-hydrogen) atoms. The molecule has 0 unspecified atom stereocenters. The normalized spacial score (nSPS) is 11.2. The number of benzene rings is 1. The van der Waals surface area contributed by atoms with Gasteiger partial charge in [0.15, 0.2) is 5.13 Å². The van der Waals surface area contributed by atoms with Crippen LogP contribution in [0.5, 0.6) is 5.75 Å². The molecule has 2 rings (SSSR count). The van der Waals surface area contributed by atoms with Gasteiger partial charge in [-0.3, -0.25) is 4.72 Å². The average molecular weight is 299 g/mol. The first-order valence-corrected chi connectivity index (χ1v) is 7.97. The van der Waals surface area contributed by atoms with Gasteiger partial charge in [-0.15, -0.1) is 11.3 Å². The number of nitrogen functional groups attached to an aromatic ring is 1.